The fourth-order valence-electron chi connectivity index (χ4n) is 2.52. The molecule has 0 aliphatic carbocycles. The number of nitrogens with zero attached hydrogens (tertiary/aromatic N) is 1. The summed E-state index contributed by atoms with van der Waals surface area (Å²) in [5.74, 6) is 0.206. The molecule has 2 amide bonds. The first-order valence-electron chi connectivity index (χ1n) is 7.46. The molecule has 0 bridgehead atoms. The molecule has 0 saturated carbocycles. The lowest BCUT2D eigenvalue weighted by molar-refractivity contribution is -0.121. The van der Waals surface area contributed by atoms with Crippen LogP contribution < -0.4 is 15.5 Å². The lowest BCUT2D eigenvalue weighted by Crippen LogP contribution is -2.29. The van der Waals surface area contributed by atoms with Gasteiger partial charge in [0.25, 0.3) is 0 Å². The molecule has 1 atom stereocenters. The van der Waals surface area contributed by atoms with Crippen LogP contribution in [-0.2, 0) is 9.59 Å². The highest BCUT2D eigenvalue weighted by Gasteiger charge is 2.22. The highest BCUT2D eigenvalue weighted by Crippen LogP contribution is 2.24. The van der Waals surface area contributed by atoms with Crippen LogP contribution in [0.5, 0.6) is 0 Å². The summed E-state index contributed by atoms with van der Waals surface area (Å²) in [5.41, 5.74) is 1.94. The summed E-state index contributed by atoms with van der Waals surface area (Å²) in [7, 11) is 1.83. The summed E-state index contributed by atoms with van der Waals surface area (Å²) in [6, 6.07) is 7.79. The average Bonchev–Trinajstić information content (AvgIpc) is 2.91. The van der Waals surface area contributed by atoms with Crippen LogP contribution >= 0.6 is 12.4 Å². The summed E-state index contributed by atoms with van der Waals surface area (Å²) in [6.45, 7) is 3.41. The first kappa shape index (κ1) is 18.5. The minimum absolute atomic E-state index is 0. The number of hydrogen-bond acceptors (Lipinski definition) is 3. The fraction of sp³-hybridized carbons (Fsp3) is 0.500. The Bertz CT molecular complexity index is 522. The molecular formula is C16H24ClN3O2. The normalized spacial score (nSPS) is 15.4. The Morgan fingerprint density at radius 1 is 1.41 bits per heavy atom. The van der Waals surface area contributed by atoms with Gasteiger partial charge in [0.15, 0.2) is 0 Å². The molecule has 0 radical (unpaired) electrons. The van der Waals surface area contributed by atoms with E-state index in [4.69, 9.17) is 0 Å². The molecule has 0 aromatic heterocycles. The van der Waals surface area contributed by atoms with Crippen LogP contribution in [0.15, 0.2) is 24.3 Å². The molecule has 1 aromatic carbocycles. The van der Waals surface area contributed by atoms with Gasteiger partial charge in [0.2, 0.25) is 11.8 Å². The zero-order valence-corrected chi connectivity index (χ0v) is 13.9. The van der Waals surface area contributed by atoms with E-state index in [9.17, 15) is 9.59 Å². The van der Waals surface area contributed by atoms with Crippen molar-refractivity contribution in [1.82, 2.24) is 10.6 Å². The molecule has 1 unspecified atom stereocenters. The van der Waals surface area contributed by atoms with Crippen molar-refractivity contribution in [2.24, 2.45) is 0 Å². The number of benzene rings is 1. The molecule has 1 aliphatic rings. The number of hydrogen-bond donors (Lipinski definition) is 2. The molecule has 2 rings (SSSR count). The second-order valence-electron chi connectivity index (χ2n) is 5.39. The molecule has 6 heteroatoms. The van der Waals surface area contributed by atoms with E-state index < -0.39 is 0 Å². The molecule has 122 valence electrons. The topological polar surface area (TPSA) is 61.4 Å². The van der Waals surface area contributed by atoms with E-state index in [0.717, 1.165) is 24.2 Å². The van der Waals surface area contributed by atoms with Crippen molar-refractivity contribution < 1.29 is 9.59 Å². The molecule has 1 fully saturated rings. The van der Waals surface area contributed by atoms with E-state index in [-0.39, 0.29) is 30.3 Å². The molecule has 0 spiro atoms. The first-order chi connectivity index (χ1) is 10.1. The van der Waals surface area contributed by atoms with Gasteiger partial charge < -0.3 is 15.5 Å². The van der Waals surface area contributed by atoms with Gasteiger partial charge in [-0.3, -0.25) is 9.59 Å². The molecular weight excluding hydrogens is 302 g/mol. The molecule has 5 nitrogen and oxygen atoms in total. The second kappa shape index (κ2) is 8.76. The predicted molar refractivity (Wildman–Crippen MR) is 90.4 cm³/mol. The Kier molecular flexibility index (Phi) is 7.35. The van der Waals surface area contributed by atoms with Gasteiger partial charge in [-0.15, -0.1) is 12.4 Å². The largest absolute Gasteiger partial charge is 0.350 e. The van der Waals surface area contributed by atoms with E-state index >= 15 is 0 Å². The van der Waals surface area contributed by atoms with Crippen molar-refractivity contribution in [3.8, 4) is 0 Å². The molecule has 1 saturated heterocycles. The molecule has 2 N–H and O–H groups in total. The predicted octanol–water partition coefficient (Wildman–Crippen LogP) is 2.02. The number of amides is 2. The van der Waals surface area contributed by atoms with Gasteiger partial charge in [0.05, 0.1) is 6.04 Å². The highest BCUT2D eigenvalue weighted by molar-refractivity contribution is 5.95. The third kappa shape index (κ3) is 4.71. The lowest BCUT2D eigenvalue weighted by Gasteiger charge is -2.19. The Hall–Kier alpha value is -1.59. The highest BCUT2D eigenvalue weighted by atomic mass is 35.5. The second-order valence-corrected chi connectivity index (χ2v) is 5.39. The molecule has 1 heterocycles. The van der Waals surface area contributed by atoms with Gasteiger partial charge >= 0.3 is 0 Å². The number of halogens is 1. The van der Waals surface area contributed by atoms with Crippen LogP contribution in [0, 0.1) is 0 Å². The van der Waals surface area contributed by atoms with Crippen molar-refractivity contribution in [2.75, 3.05) is 25.0 Å². The van der Waals surface area contributed by atoms with Gasteiger partial charge in [-0.05, 0) is 38.1 Å². The van der Waals surface area contributed by atoms with E-state index in [2.05, 4.69) is 10.6 Å². The van der Waals surface area contributed by atoms with Crippen molar-refractivity contribution in [3.63, 3.8) is 0 Å². The number of nitrogens with one attached hydrogen (secondary N) is 2. The van der Waals surface area contributed by atoms with Crippen LogP contribution in [0.1, 0.15) is 37.8 Å². The van der Waals surface area contributed by atoms with Gasteiger partial charge in [-0.25, -0.2) is 0 Å². The third-order valence-corrected chi connectivity index (χ3v) is 3.73. The summed E-state index contributed by atoms with van der Waals surface area (Å²) < 4.78 is 0. The maximum atomic E-state index is 11.8. The third-order valence-electron chi connectivity index (χ3n) is 3.73. The van der Waals surface area contributed by atoms with E-state index in [1.165, 1.54) is 0 Å². The zero-order valence-electron chi connectivity index (χ0n) is 13.1. The van der Waals surface area contributed by atoms with Crippen molar-refractivity contribution in [3.05, 3.63) is 29.8 Å². The van der Waals surface area contributed by atoms with Gasteiger partial charge in [-0.2, -0.15) is 0 Å². The van der Waals surface area contributed by atoms with Crippen LogP contribution in [-0.4, -0.2) is 32.0 Å². The van der Waals surface area contributed by atoms with Crippen LogP contribution in [0.4, 0.5) is 5.69 Å². The summed E-state index contributed by atoms with van der Waals surface area (Å²) in [5, 5.41) is 5.94. The maximum absolute atomic E-state index is 11.8. The average molecular weight is 326 g/mol. The zero-order chi connectivity index (χ0) is 15.2. The first-order valence-corrected chi connectivity index (χ1v) is 7.46. The van der Waals surface area contributed by atoms with Crippen molar-refractivity contribution in [1.29, 1.82) is 0 Å². The Morgan fingerprint density at radius 3 is 2.82 bits per heavy atom. The maximum Gasteiger partial charge on any atom is 0.227 e. The van der Waals surface area contributed by atoms with E-state index in [1.54, 1.807) is 0 Å². The smallest absolute Gasteiger partial charge is 0.227 e. The van der Waals surface area contributed by atoms with Crippen LogP contribution in [0.25, 0.3) is 0 Å². The van der Waals surface area contributed by atoms with Gasteiger partial charge in [0, 0.05) is 31.6 Å². The molecule has 1 aliphatic heterocycles. The van der Waals surface area contributed by atoms with Crippen molar-refractivity contribution in [2.45, 2.75) is 32.2 Å². The van der Waals surface area contributed by atoms with Gasteiger partial charge in [0.1, 0.15) is 0 Å². The number of carbonyl (C=O) groups is 2. The number of rotatable bonds is 6. The quantitative estimate of drug-likeness (QED) is 0.841. The Labute approximate surface area is 137 Å². The summed E-state index contributed by atoms with van der Waals surface area (Å²) in [6.07, 6.45) is 2.01. The summed E-state index contributed by atoms with van der Waals surface area (Å²) >= 11 is 0. The van der Waals surface area contributed by atoms with Crippen molar-refractivity contribution >= 4 is 29.9 Å². The number of anilines is 1. The monoisotopic (exact) mass is 325 g/mol. The SMILES string of the molecule is CNCCC(=O)NC(C)c1cccc(N2CCCC2=O)c1.Cl. The lowest BCUT2D eigenvalue weighted by atomic mass is 10.1. The van der Waals surface area contributed by atoms with E-state index in [0.29, 0.717) is 19.4 Å². The van der Waals surface area contributed by atoms with Crippen LogP contribution in [0.3, 0.4) is 0 Å². The fourth-order valence-corrected chi connectivity index (χ4v) is 2.52. The van der Waals surface area contributed by atoms with Gasteiger partial charge in [-0.1, -0.05) is 12.1 Å². The summed E-state index contributed by atoms with van der Waals surface area (Å²) in [4.78, 5) is 25.4. The molecule has 1 aromatic rings. The standard InChI is InChI=1S/C16H23N3O2.ClH/c1-12(18-15(20)8-9-17-2)13-5-3-6-14(11-13)19-10-4-7-16(19)21;/h3,5-6,11-12,17H,4,7-10H2,1-2H3,(H,18,20);1H. The Balaban J connectivity index is 0.00000242. The minimum Gasteiger partial charge on any atom is -0.350 e. The molecule has 22 heavy (non-hydrogen) atoms. The Morgan fingerprint density at radius 2 is 2.18 bits per heavy atom. The number of carbonyl (C=O) groups excluding carboxylic acids is 2. The minimum atomic E-state index is -0.0630. The van der Waals surface area contributed by atoms with Crippen LogP contribution in [0.2, 0.25) is 0 Å². The van der Waals surface area contributed by atoms with E-state index in [1.807, 2.05) is 43.1 Å².